The molecule has 1 heterocycles. The lowest BCUT2D eigenvalue weighted by molar-refractivity contribution is 0.101. The van der Waals surface area contributed by atoms with Crippen LogP contribution in [-0.4, -0.2) is 10.8 Å². The number of rotatable bonds is 2. The molecule has 1 aromatic carbocycles. The predicted molar refractivity (Wildman–Crippen MR) is 59.6 cm³/mol. The van der Waals surface area contributed by atoms with Crippen molar-refractivity contribution in [1.29, 1.82) is 0 Å². The molecule has 2 rings (SSSR count). The molecule has 1 aromatic heterocycles. The minimum absolute atomic E-state index is 0.123. The van der Waals surface area contributed by atoms with E-state index in [-0.39, 0.29) is 5.78 Å². The molecule has 0 aliphatic carbocycles. The number of carbonyl (C=O) groups is 1. The van der Waals surface area contributed by atoms with Crippen LogP contribution in [0.3, 0.4) is 0 Å². The third-order valence-electron chi connectivity index (χ3n) is 2.40. The Morgan fingerprint density at radius 2 is 1.82 bits per heavy atom. The lowest BCUT2D eigenvalue weighted by Crippen LogP contribution is -1.94. The highest BCUT2D eigenvalue weighted by Crippen LogP contribution is 2.21. The Labute approximate surface area is 96.9 Å². The summed E-state index contributed by atoms with van der Waals surface area (Å²) in [4.78, 5) is 15.1. The molecular formula is C13H9F2NO. The van der Waals surface area contributed by atoms with E-state index in [9.17, 15) is 13.6 Å². The summed E-state index contributed by atoms with van der Waals surface area (Å²) in [7, 11) is 0. The number of carbonyl (C=O) groups excluding carboxylic acids is 1. The van der Waals surface area contributed by atoms with Crippen LogP contribution in [0.1, 0.15) is 17.3 Å². The molecule has 0 amide bonds. The number of aromatic nitrogens is 1. The van der Waals surface area contributed by atoms with Crippen molar-refractivity contribution in [2.24, 2.45) is 0 Å². The Bertz CT molecular complexity index is 581. The van der Waals surface area contributed by atoms with Gasteiger partial charge < -0.3 is 0 Å². The Kier molecular flexibility index (Phi) is 2.95. The summed E-state index contributed by atoms with van der Waals surface area (Å²) in [6.45, 7) is 1.42. The Morgan fingerprint density at radius 3 is 2.47 bits per heavy atom. The van der Waals surface area contributed by atoms with Crippen molar-refractivity contribution >= 4 is 5.78 Å². The van der Waals surface area contributed by atoms with E-state index < -0.39 is 11.6 Å². The van der Waals surface area contributed by atoms with Crippen molar-refractivity contribution in [2.75, 3.05) is 0 Å². The van der Waals surface area contributed by atoms with Gasteiger partial charge in [0.15, 0.2) is 17.4 Å². The first-order chi connectivity index (χ1) is 8.08. The van der Waals surface area contributed by atoms with Crippen molar-refractivity contribution < 1.29 is 13.6 Å². The molecule has 0 aliphatic rings. The van der Waals surface area contributed by atoms with Crippen LogP contribution in [0.25, 0.3) is 11.1 Å². The lowest BCUT2D eigenvalue weighted by atomic mass is 10.0. The molecule has 0 fully saturated rings. The van der Waals surface area contributed by atoms with Gasteiger partial charge >= 0.3 is 0 Å². The molecule has 0 N–H and O–H groups in total. The average molecular weight is 233 g/mol. The number of ketones is 1. The molecule has 0 radical (unpaired) electrons. The second kappa shape index (κ2) is 4.41. The average Bonchev–Trinajstić information content (AvgIpc) is 2.33. The maximum absolute atomic E-state index is 13.1. The van der Waals surface area contributed by atoms with Gasteiger partial charge in [-0.25, -0.2) is 8.78 Å². The van der Waals surface area contributed by atoms with Gasteiger partial charge in [-0.05, 0) is 30.7 Å². The summed E-state index contributed by atoms with van der Waals surface area (Å²) >= 11 is 0. The molecule has 2 aromatic rings. The van der Waals surface area contributed by atoms with E-state index >= 15 is 0 Å². The number of Topliss-reactive ketones (excluding diaryl/α,β-unsaturated/α-hetero) is 1. The minimum atomic E-state index is -0.921. The third-order valence-corrected chi connectivity index (χ3v) is 2.40. The van der Waals surface area contributed by atoms with E-state index in [0.29, 0.717) is 16.7 Å². The zero-order chi connectivity index (χ0) is 12.4. The first-order valence-electron chi connectivity index (χ1n) is 4.99. The van der Waals surface area contributed by atoms with Gasteiger partial charge in [0.25, 0.3) is 0 Å². The Hall–Kier alpha value is -2.10. The normalized spacial score (nSPS) is 10.3. The summed E-state index contributed by atoms with van der Waals surface area (Å²) < 4.78 is 25.8. The standard InChI is InChI=1S/C13H9F2NO/c1-8(17)10-4-11(7-16-6-10)9-2-3-12(14)13(15)5-9/h2-7H,1H3. The molecule has 4 heteroatoms. The maximum atomic E-state index is 13.1. The van der Waals surface area contributed by atoms with Crippen molar-refractivity contribution in [3.63, 3.8) is 0 Å². The largest absolute Gasteiger partial charge is 0.294 e. The minimum Gasteiger partial charge on any atom is -0.294 e. The topological polar surface area (TPSA) is 30.0 Å². The van der Waals surface area contributed by atoms with Crippen LogP contribution in [0.4, 0.5) is 8.78 Å². The van der Waals surface area contributed by atoms with Crippen LogP contribution in [-0.2, 0) is 0 Å². The van der Waals surface area contributed by atoms with Gasteiger partial charge in [0.05, 0.1) is 0 Å². The number of pyridine rings is 1. The van der Waals surface area contributed by atoms with Gasteiger partial charge in [-0.1, -0.05) is 6.07 Å². The molecule has 0 atom stereocenters. The van der Waals surface area contributed by atoms with Crippen molar-refractivity contribution in [3.8, 4) is 11.1 Å². The smallest absolute Gasteiger partial charge is 0.161 e. The lowest BCUT2D eigenvalue weighted by Gasteiger charge is -2.03. The predicted octanol–water partition coefficient (Wildman–Crippen LogP) is 3.23. The van der Waals surface area contributed by atoms with E-state index in [2.05, 4.69) is 4.98 Å². The molecule has 0 aliphatic heterocycles. The molecule has 0 spiro atoms. The SMILES string of the molecule is CC(=O)c1cncc(-c2ccc(F)c(F)c2)c1. The van der Waals surface area contributed by atoms with Crippen LogP contribution in [0.5, 0.6) is 0 Å². The van der Waals surface area contributed by atoms with E-state index in [1.54, 1.807) is 6.07 Å². The van der Waals surface area contributed by atoms with E-state index in [0.717, 1.165) is 12.1 Å². The Morgan fingerprint density at radius 1 is 1.06 bits per heavy atom. The van der Waals surface area contributed by atoms with E-state index in [4.69, 9.17) is 0 Å². The van der Waals surface area contributed by atoms with Gasteiger partial charge in [-0.2, -0.15) is 0 Å². The van der Waals surface area contributed by atoms with Gasteiger partial charge in [0, 0.05) is 23.5 Å². The molecule has 0 bridgehead atoms. The second-order valence-electron chi connectivity index (χ2n) is 3.65. The first-order valence-corrected chi connectivity index (χ1v) is 4.99. The summed E-state index contributed by atoms with van der Waals surface area (Å²) in [6.07, 6.45) is 2.94. The first kappa shape index (κ1) is 11.4. The quantitative estimate of drug-likeness (QED) is 0.745. The summed E-state index contributed by atoms with van der Waals surface area (Å²) in [5.74, 6) is -1.94. The van der Waals surface area contributed by atoms with E-state index in [1.807, 2.05) is 0 Å². The van der Waals surface area contributed by atoms with Gasteiger partial charge in [0.1, 0.15) is 0 Å². The fraction of sp³-hybridized carbons (Fsp3) is 0.0769. The molecule has 0 saturated carbocycles. The van der Waals surface area contributed by atoms with Crippen molar-refractivity contribution in [1.82, 2.24) is 4.98 Å². The highest BCUT2D eigenvalue weighted by atomic mass is 19.2. The zero-order valence-electron chi connectivity index (χ0n) is 9.08. The zero-order valence-corrected chi connectivity index (χ0v) is 9.08. The molecule has 17 heavy (non-hydrogen) atoms. The van der Waals surface area contributed by atoms with Crippen molar-refractivity contribution in [2.45, 2.75) is 6.92 Å². The molecule has 86 valence electrons. The molecular weight excluding hydrogens is 224 g/mol. The van der Waals surface area contributed by atoms with Gasteiger partial charge in [-0.3, -0.25) is 9.78 Å². The fourth-order valence-electron chi connectivity index (χ4n) is 1.47. The molecule has 0 saturated heterocycles. The summed E-state index contributed by atoms with van der Waals surface area (Å²) in [6, 6.07) is 5.17. The number of hydrogen-bond donors (Lipinski definition) is 0. The number of hydrogen-bond acceptors (Lipinski definition) is 2. The second-order valence-corrected chi connectivity index (χ2v) is 3.65. The van der Waals surface area contributed by atoms with Crippen LogP contribution >= 0.6 is 0 Å². The van der Waals surface area contributed by atoms with Crippen LogP contribution in [0.15, 0.2) is 36.7 Å². The maximum Gasteiger partial charge on any atom is 0.161 e. The third kappa shape index (κ3) is 2.36. The van der Waals surface area contributed by atoms with E-state index in [1.165, 1.54) is 25.4 Å². The highest BCUT2D eigenvalue weighted by molar-refractivity contribution is 5.94. The number of halogens is 2. The Balaban J connectivity index is 2.49. The van der Waals surface area contributed by atoms with Gasteiger partial charge in [0.2, 0.25) is 0 Å². The van der Waals surface area contributed by atoms with Crippen LogP contribution in [0.2, 0.25) is 0 Å². The molecule has 0 unspecified atom stereocenters. The number of benzene rings is 1. The molecule has 2 nitrogen and oxygen atoms in total. The number of nitrogens with zero attached hydrogens (tertiary/aromatic N) is 1. The monoisotopic (exact) mass is 233 g/mol. The van der Waals surface area contributed by atoms with Crippen LogP contribution < -0.4 is 0 Å². The van der Waals surface area contributed by atoms with Crippen LogP contribution in [0, 0.1) is 11.6 Å². The fourth-order valence-corrected chi connectivity index (χ4v) is 1.47. The highest BCUT2D eigenvalue weighted by Gasteiger charge is 2.07. The van der Waals surface area contributed by atoms with Gasteiger partial charge in [-0.15, -0.1) is 0 Å². The van der Waals surface area contributed by atoms with Crippen molar-refractivity contribution in [3.05, 3.63) is 53.9 Å². The summed E-state index contributed by atoms with van der Waals surface area (Å²) in [5, 5.41) is 0. The summed E-state index contributed by atoms with van der Waals surface area (Å²) in [5.41, 5.74) is 1.50.